The molecule has 1 nitrogen and oxygen atoms in total. The minimum absolute atomic E-state index is 0.0294. The average Bonchev–Trinajstić information content (AvgIpc) is 2.79. The lowest BCUT2D eigenvalue weighted by Gasteiger charge is -2.43. The molecule has 0 fully saturated rings. The first-order valence-corrected chi connectivity index (χ1v) is 16.8. The highest BCUT2D eigenvalue weighted by Gasteiger charge is 2.49. The van der Waals surface area contributed by atoms with Gasteiger partial charge in [0.05, 0.1) is 8.07 Å². The minimum atomic E-state index is -2.42. The number of allylic oxidation sites excluding steroid dienone is 1. The first kappa shape index (κ1) is 24.4. The molecule has 0 saturated carbocycles. The maximum Gasteiger partial charge on any atom is 0.261 e. The van der Waals surface area contributed by atoms with E-state index in [1.165, 1.54) is 15.6 Å². The molecule has 3 aromatic carbocycles. The van der Waals surface area contributed by atoms with Gasteiger partial charge in [-0.25, -0.2) is 0 Å². The molecule has 0 bridgehead atoms. The number of hydrogen-bond donors (Lipinski definition) is 0. The first-order chi connectivity index (χ1) is 15.3. The third kappa shape index (κ3) is 5.58. The molecule has 3 aromatic rings. The minimum Gasteiger partial charge on any atom is -0.407 e. The molecule has 0 saturated heterocycles. The van der Waals surface area contributed by atoms with E-state index in [9.17, 15) is 0 Å². The average molecular weight is 459 g/mol. The largest absolute Gasteiger partial charge is 0.407 e. The smallest absolute Gasteiger partial charge is 0.261 e. The summed E-state index contributed by atoms with van der Waals surface area (Å²) in [5, 5.41) is 4.25. The predicted molar refractivity (Wildman–Crippen MR) is 146 cm³/mol. The predicted octanol–water partition coefficient (Wildman–Crippen LogP) is 6.12. The molecule has 0 unspecified atom stereocenters. The summed E-state index contributed by atoms with van der Waals surface area (Å²) in [5.74, 6) is 0. The van der Waals surface area contributed by atoms with Crippen LogP contribution in [0.2, 0.25) is 24.2 Å². The maximum atomic E-state index is 6.98. The van der Waals surface area contributed by atoms with Gasteiger partial charge in [0.25, 0.3) is 8.32 Å². The molecule has 0 heterocycles. The van der Waals surface area contributed by atoms with Crippen LogP contribution in [-0.2, 0) is 4.43 Å². The Morgan fingerprint density at radius 2 is 1.09 bits per heavy atom. The van der Waals surface area contributed by atoms with Crippen molar-refractivity contribution in [1.29, 1.82) is 0 Å². The molecule has 0 aliphatic carbocycles. The topological polar surface area (TPSA) is 9.23 Å². The summed E-state index contributed by atoms with van der Waals surface area (Å²) in [6, 6.07) is 33.9. The summed E-state index contributed by atoms with van der Waals surface area (Å²) in [6.07, 6.45) is 5.66. The van der Waals surface area contributed by atoms with E-state index in [0.717, 1.165) is 19.1 Å². The Hall–Kier alpha value is -2.21. The Morgan fingerprint density at radius 3 is 1.53 bits per heavy atom. The van der Waals surface area contributed by atoms with Gasteiger partial charge in [-0.2, -0.15) is 0 Å². The zero-order valence-electron chi connectivity index (χ0n) is 20.3. The summed E-state index contributed by atoms with van der Waals surface area (Å²) < 4.78 is 6.98. The normalized spacial score (nSPS) is 12.9. The number of rotatable bonds is 9. The molecule has 0 radical (unpaired) electrons. The van der Waals surface area contributed by atoms with Crippen molar-refractivity contribution in [3.05, 3.63) is 103 Å². The molecule has 0 atom stereocenters. The lowest BCUT2D eigenvalue weighted by molar-refractivity contribution is 0.304. The van der Waals surface area contributed by atoms with Crippen LogP contribution in [0.4, 0.5) is 0 Å². The summed E-state index contributed by atoms with van der Waals surface area (Å²) >= 11 is 0. The van der Waals surface area contributed by atoms with E-state index in [1.807, 2.05) is 0 Å². The van der Waals surface area contributed by atoms with Crippen LogP contribution < -0.4 is 15.6 Å². The molecule has 32 heavy (non-hydrogen) atoms. The van der Waals surface area contributed by atoms with Gasteiger partial charge in [0.2, 0.25) is 0 Å². The van der Waals surface area contributed by atoms with Crippen molar-refractivity contribution in [3.63, 3.8) is 0 Å². The number of hydrogen-bond acceptors (Lipinski definition) is 1. The Morgan fingerprint density at radius 1 is 0.656 bits per heavy atom. The summed E-state index contributed by atoms with van der Waals surface area (Å²) in [7, 11) is -3.85. The van der Waals surface area contributed by atoms with Crippen LogP contribution in [0.15, 0.2) is 103 Å². The number of benzene rings is 3. The van der Waals surface area contributed by atoms with E-state index in [1.54, 1.807) is 0 Å². The quantitative estimate of drug-likeness (QED) is 0.213. The van der Waals surface area contributed by atoms with E-state index in [-0.39, 0.29) is 5.04 Å². The van der Waals surface area contributed by atoms with Gasteiger partial charge < -0.3 is 4.43 Å². The van der Waals surface area contributed by atoms with Gasteiger partial charge in [-0.3, -0.25) is 0 Å². The van der Waals surface area contributed by atoms with Gasteiger partial charge in [-0.15, -0.1) is 0 Å². The van der Waals surface area contributed by atoms with Crippen LogP contribution in [0.3, 0.4) is 0 Å². The van der Waals surface area contributed by atoms with Crippen LogP contribution in [0.25, 0.3) is 0 Å². The molecular formula is C29H38OSi2. The second-order valence-corrected chi connectivity index (χ2v) is 19.3. The van der Waals surface area contributed by atoms with Crippen molar-refractivity contribution in [2.75, 3.05) is 6.61 Å². The van der Waals surface area contributed by atoms with Crippen LogP contribution >= 0.6 is 0 Å². The molecule has 0 aromatic heterocycles. The van der Waals surface area contributed by atoms with Gasteiger partial charge in [0.1, 0.15) is 0 Å². The first-order valence-electron chi connectivity index (χ1n) is 11.7. The second-order valence-electron chi connectivity index (χ2n) is 10.2. The summed E-state index contributed by atoms with van der Waals surface area (Å²) in [6.45, 7) is 12.7. The Balaban J connectivity index is 1.75. The monoisotopic (exact) mass is 458 g/mol. The van der Waals surface area contributed by atoms with Crippen molar-refractivity contribution in [1.82, 2.24) is 0 Å². The standard InChI is InChI=1S/C29H38OSi2/c1-29(2,3)32(27-20-12-7-13-21-27,28-22-14-8-15-23-28)30-24-16-9-17-25-31(4,5)26-18-10-6-11-19-26/h6-15,17-23H,16,24-25H2,1-5H3/b17-9-. The lowest BCUT2D eigenvalue weighted by Crippen LogP contribution is -2.66. The third-order valence-electron chi connectivity index (χ3n) is 6.37. The second kappa shape index (κ2) is 10.6. The molecule has 168 valence electrons. The molecule has 0 spiro atoms. The van der Waals surface area contributed by atoms with Gasteiger partial charge in [0, 0.05) is 6.61 Å². The highest BCUT2D eigenvalue weighted by atomic mass is 28.4. The zero-order chi connectivity index (χ0) is 23.1. The maximum absolute atomic E-state index is 6.98. The molecule has 0 aliphatic heterocycles. The van der Waals surface area contributed by atoms with Crippen molar-refractivity contribution >= 4 is 32.0 Å². The van der Waals surface area contributed by atoms with Crippen LogP contribution in [-0.4, -0.2) is 23.0 Å². The van der Waals surface area contributed by atoms with Gasteiger partial charge >= 0.3 is 0 Å². The molecule has 0 aliphatic rings. The van der Waals surface area contributed by atoms with E-state index in [4.69, 9.17) is 4.43 Å². The Bertz CT molecular complexity index is 934. The molecule has 0 amide bonds. The van der Waals surface area contributed by atoms with Gasteiger partial charge in [-0.05, 0) is 27.9 Å². The van der Waals surface area contributed by atoms with Gasteiger partial charge in [-0.1, -0.05) is 142 Å². The van der Waals surface area contributed by atoms with Gasteiger partial charge in [0.15, 0.2) is 0 Å². The van der Waals surface area contributed by atoms with Crippen LogP contribution in [0.5, 0.6) is 0 Å². The molecule has 3 rings (SSSR count). The Labute approximate surface area is 197 Å². The molecular weight excluding hydrogens is 420 g/mol. The fraction of sp³-hybridized carbons (Fsp3) is 0.310. The summed E-state index contributed by atoms with van der Waals surface area (Å²) in [5.41, 5.74) is 0. The van der Waals surface area contributed by atoms with E-state index >= 15 is 0 Å². The fourth-order valence-electron chi connectivity index (χ4n) is 4.54. The fourth-order valence-corrected chi connectivity index (χ4v) is 11.2. The molecule has 3 heteroatoms. The Kier molecular flexibility index (Phi) is 8.10. The lowest BCUT2D eigenvalue weighted by atomic mass is 10.2. The highest BCUT2D eigenvalue weighted by Crippen LogP contribution is 2.36. The van der Waals surface area contributed by atoms with E-state index in [2.05, 4.69) is 137 Å². The SMILES string of the molecule is CC(C)(C)[Si](OCC/C=C\C[Si](C)(C)c1ccccc1)(c1ccccc1)c1ccccc1. The van der Waals surface area contributed by atoms with E-state index < -0.39 is 16.4 Å². The van der Waals surface area contributed by atoms with E-state index in [0.29, 0.717) is 0 Å². The molecule has 0 N–H and O–H groups in total. The van der Waals surface area contributed by atoms with Crippen LogP contribution in [0, 0.1) is 0 Å². The third-order valence-corrected chi connectivity index (χ3v) is 14.6. The summed E-state index contributed by atoms with van der Waals surface area (Å²) in [4.78, 5) is 0. The zero-order valence-corrected chi connectivity index (χ0v) is 22.3. The van der Waals surface area contributed by atoms with Crippen molar-refractivity contribution < 1.29 is 4.43 Å². The van der Waals surface area contributed by atoms with Crippen LogP contribution in [0.1, 0.15) is 27.2 Å². The van der Waals surface area contributed by atoms with Crippen molar-refractivity contribution in [2.24, 2.45) is 0 Å². The highest BCUT2D eigenvalue weighted by molar-refractivity contribution is 6.99. The van der Waals surface area contributed by atoms with Crippen molar-refractivity contribution in [3.8, 4) is 0 Å². The van der Waals surface area contributed by atoms with Crippen molar-refractivity contribution in [2.45, 2.75) is 51.4 Å².